The molecule has 1 amide bonds. The zero-order valence-electron chi connectivity index (χ0n) is 9.22. The van der Waals surface area contributed by atoms with Gasteiger partial charge in [-0.2, -0.15) is 0 Å². The predicted molar refractivity (Wildman–Crippen MR) is 68.5 cm³/mol. The van der Waals surface area contributed by atoms with E-state index in [1.54, 1.807) is 0 Å². The maximum atomic E-state index is 11.9. The summed E-state index contributed by atoms with van der Waals surface area (Å²) in [6, 6.07) is 5.82. The Kier molecular flexibility index (Phi) is 3.61. The minimum Gasteiger partial charge on any atom is -0.324 e. The molecule has 4 heteroatoms. The van der Waals surface area contributed by atoms with Crippen LogP contribution < -0.4 is 10.6 Å². The molecule has 1 aromatic rings. The first-order valence-corrected chi connectivity index (χ1v) is 6.27. The average Bonchev–Trinajstić information content (AvgIpc) is 2.78. The number of halogens is 1. The predicted octanol–water partition coefficient (Wildman–Crippen LogP) is 2.45. The fraction of sp³-hybridized carbons (Fsp3) is 0.417. The van der Waals surface area contributed by atoms with Crippen molar-refractivity contribution < 1.29 is 4.79 Å². The maximum Gasteiger partial charge on any atom is 0.241 e. The van der Waals surface area contributed by atoms with E-state index in [1.807, 2.05) is 25.1 Å². The molecule has 86 valence electrons. The second-order valence-corrected chi connectivity index (χ2v) is 4.87. The van der Waals surface area contributed by atoms with Gasteiger partial charge in [-0.1, -0.05) is 12.1 Å². The monoisotopic (exact) mass is 282 g/mol. The second kappa shape index (κ2) is 4.97. The Balaban J connectivity index is 2.08. The van der Waals surface area contributed by atoms with Gasteiger partial charge >= 0.3 is 0 Å². The van der Waals surface area contributed by atoms with E-state index in [1.165, 1.54) is 0 Å². The molecule has 1 fully saturated rings. The van der Waals surface area contributed by atoms with Gasteiger partial charge in [-0.15, -0.1) is 0 Å². The Morgan fingerprint density at radius 2 is 2.38 bits per heavy atom. The Labute approximate surface area is 104 Å². The van der Waals surface area contributed by atoms with Crippen molar-refractivity contribution in [1.29, 1.82) is 0 Å². The summed E-state index contributed by atoms with van der Waals surface area (Å²) in [5.74, 6) is 0.0591. The molecule has 0 radical (unpaired) electrons. The van der Waals surface area contributed by atoms with Gasteiger partial charge in [0.1, 0.15) is 0 Å². The summed E-state index contributed by atoms with van der Waals surface area (Å²) in [6.45, 7) is 2.95. The average molecular weight is 283 g/mol. The first-order chi connectivity index (χ1) is 7.68. The number of benzene rings is 1. The van der Waals surface area contributed by atoms with Crippen LogP contribution in [-0.4, -0.2) is 18.5 Å². The number of rotatable bonds is 2. The second-order valence-electron chi connectivity index (χ2n) is 4.07. The standard InChI is InChI=1S/C12H15BrN2O/c1-8-4-2-5-9(11(8)13)15-12(16)10-6-3-7-14-10/h2,4-5,10,14H,3,6-7H2,1H3,(H,15,16)/t10-/m1/s1. The fourth-order valence-electron chi connectivity index (χ4n) is 1.87. The lowest BCUT2D eigenvalue weighted by atomic mass is 10.2. The van der Waals surface area contributed by atoms with E-state index in [2.05, 4.69) is 26.6 Å². The minimum absolute atomic E-state index is 0.0348. The van der Waals surface area contributed by atoms with Crippen LogP contribution in [0, 0.1) is 6.92 Å². The molecule has 0 saturated carbocycles. The molecule has 0 bridgehead atoms. The fourth-order valence-corrected chi connectivity index (χ4v) is 2.24. The normalized spacial score (nSPS) is 19.8. The molecule has 0 aliphatic carbocycles. The van der Waals surface area contributed by atoms with Crippen molar-refractivity contribution in [2.75, 3.05) is 11.9 Å². The number of carbonyl (C=O) groups excluding carboxylic acids is 1. The van der Waals surface area contributed by atoms with Crippen molar-refractivity contribution in [3.05, 3.63) is 28.2 Å². The lowest BCUT2D eigenvalue weighted by Crippen LogP contribution is -2.35. The zero-order chi connectivity index (χ0) is 11.5. The highest BCUT2D eigenvalue weighted by Crippen LogP contribution is 2.26. The van der Waals surface area contributed by atoms with Crippen LogP contribution in [0.5, 0.6) is 0 Å². The van der Waals surface area contributed by atoms with Gasteiger partial charge in [0.05, 0.1) is 11.7 Å². The van der Waals surface area contributed by atoms with E-state index in [-0.39, 0.29) is 11.9 Å². The maximum absolute atomic E-state index is 11.9. The highest BCUT2D eigenvalue weighted by molar-refractivity contribution is 9.10. The van der Waals surface area contributed by atoms with Crippen molar-refractivity contribution in [3.8, 4) is 0 Å². The molecule has 2 rings (SSSR count). The van der Waals surface area contributed by atoms with Crippen molar-refractivity contribution >= 4 is 27.5 Å². The molecule has 16 heavy (non-hydrogen) atoms. The number of hydrogen-bond donors (Lipinski definition) is 2. The van der Waals surface area contributed by atoms with Crippen molar-refractivity contribution in [2.45, 2.75) is 25.8 Å². The van der Waals surface area contributed by atoms with Gasteiger partial charge in [0, 0.05) is 4.47 Å². The lowest BCUT2D eigenvalue weighted by Gasteiger charge is -2.13. The van der Waals surface area contributed by atoms with Gasteiger partial charge in [-0.25, -0.2) is 0 Å². The van der Waals surface area contributed by atoms with Crippen LogP contribution in [0.25, 0.3) is 0 Å². The molecule has 1 heterocycles. The van der Waals surface area contributed by atoms with Crippen LogP contribution in [0.2, 0.25) is 0 Å². The van der Waals surface area contributed by atoms with Gasteiger partial charge in [0.2, 0.25) is 5.91 Å². The van der Waals surface area contributed by atoms with Crippen molar-refractivity contribution in [3.63, 3.8) is 0 Å². The molecule has 1 aliphatic heterocycles. The number of carbonyl (C=O) groups is 1. The summed E-state index contributed by atoms with van der Waals surface area (Å²) in [5, 5.41) is 6.13. The highest BCUT2D eigenvalue weighted by atomic mass is 79.9. The summed E-state index contributed by atoms with van der Waals surface area (Å²) in [5.41, 5.74) is 1.97. The number of aryl methyl sites for hydroxylation is 1. The zero-order valence-corrected chi connectivity index (χ0v) is 10.8. The SMILES string of the molecule is Cc1cccc(NC(=O)[C@H]2CCCN2)c1Br. The molecule has 2 N–H and O–H groups in total. The summed E-state index contributed by atoms with van der Waals surface area (Å²) in [7, 11) is 0. The van der Waals surface area contributed by atoms with Crippen LogP contribution in [0.4, 0.5) is 5.69 Å². The Morgan fingerprint density at radius 1 is 1.56 bits per heavy atom. The Morgan fingerprint density at radius 3 is 3.06 bits per heavy atom. The van der Waals surface area contributed by atoms with Crippen LogP contribution in [0.15, 0.2) is 22.7 Å². The topological polar surface area (TPSA) is 41.1 Å². The van der Waals surface area contributed by atoms with Crippen molar-refractivity contribution in [1.82, 2.24) is 5.32 Å². The molecule has 0 aromatic heterocycles. The van der Waals surface area contributed by atoms with E-state index in [4.69, 9.17) is 0 Å². The summed E-state index contributed by atoms with van der Waals surface area (Å²) < 4.78 is 0.960. The third kappa shape index (κ3) is 2.44. The molecule has 3 nitrogen and oxygen atoms in total. The molecule has 1 aromatic carbocycles. The van der Waals surface area contributed by atoms with E-state index >= 15 is 0 Å². The molecule has 1 atom stereocenters. The summed E-state index contributed by atoms with van der Waals surface area (Å²) >= 11 is 3.48. The van der Waals surface area contributed by atoms with E-state index in [0.29, 0.717) is 0 Å². The molecule has 1 saturated heterocycles. The molecule has 0 spiro atoms. The molecule has 0 unspecified atom stereocenters. The van der Waals surface area contributed by atoms with E-state index < -0.39 is 0 Å². The lowest BCUT2D eigenvalue weighted by molar-refractivity contribution is -0.117. The summed E-state index contributed by atoms with van der Waals surface area (Å²) in [4.78, 5) is 11.9. The third-order valence-corrected chi connectivity index (χ3v) is 3.88. The van der Waals surface area contributed by atoms with Crippen LogP contribution >= 0.6 is 15.9 Å². The van der Waals surface area contributed by atoms with Gasteiger partial charge in [0.15, 0.2) is 0 Å². The van der Waals surface area contributed by atoms with Gasteiger partial charge in [0.25, 0.3) is 0 Å². The highest BCUT2D eigenvalue weighted by Gasteiger charge is 2.22. The van der Waals surface area contributed by atoms with Crippen molar-refractivity contribution in [2.24, 2.45) is 0 Å². The number of amides is 1. The van der Waals surface area contributed by atoms with E-state index in [9.17, 15) is 4.79 Å². The largest absolute Gasteiger partial charge is 0.324 e. The smallest absolute Gasteiger partial charge is 0.241 e. The number of hydrogen-bond acceptors (Lipinski definition) is 2. The number of anilines is 1. The molecular weight excluding hydrogens is 268 g/mol. The molecule has 1 aliphatic rings. The van der Waals surface area contributed by atoms with Gasteiger partial charge in [-0.05, 0) is 53.9 Å². The van der Waals surface area contributed by atoms with Gasteiger partial charge < -0.3 is 10.6 Å². The Bertz CT molecular complexity index is 400. The number of nitrogens with one attached hydrogen (secondary N) is 2. The van der Waals surface area contributed by atoms with Crippen LogP contribution in [-0.2, 0) is 4.79 Å². The quantitative estimate of drug-likeness (QED) is 0.875. The summed E-state index contributed by atoms with van der Waals surface area (Å²) in [6.07, 6.45) is 2.00. The minimum atomic E-state index is -0.0348. The van der Waals surface area contributed by atoms with E-state index in [0.717, 1.165) is 35.1 Å². The first kappa shape index (κ1) is 11.6. The van der Waals surface area contributed by atoms with Crippen LogP contribution in [0.3, 0.4) is 0 Å². The first-order valence-electron chi connectivity index (χ1n) is 5.48. The van der Waals surface area contributed by atoms with Crippen LogP contribution in [0.1, 0.15) is 18.4 Å². The third-order valence-electron chi connectivity index (χ3n) is 2.83. The Hall–Kier alpha value is -0.870. The molecular formula is C12H15BrN2O. The van der Waals surface area contributed by atoms with Gasteiger partial charge in [-0.3, -0.25) is 4.79 Å².